The van der Waals surface area contributed by atoms with Gasteiger partial charge >= 0.3 is 0 Å². The molecule has 8 nitrogen and oxygen atoms in total. The van der Waals surface area contributed by atoms with Crippen molar-refractivity contribution in [2.75, 3.05) is 18.0 Å². The lowest BCUT2D eigenvalue weighted by atomic mass is 10.0. The number of halogens is 2. The molecule has 2 amide bonds. The fourth-order valence-corrected chi connectivity index (χ4v) is 6.75. The zero-order valence-electron chi connectivity index (χ0n) is 26.1. The van der Waals surface area contributed by atoms with Gasteiger partial charge in [0.15, 0.2) is 0 Å². The Hall–Kier alpha value is -4.05. The molecule has 0 radical (unpaired) electrons. The molecule has 11 heteroatoms. The van der Waals surface area contributed by atoms with Crippen molar-refractivity contribution in [1.82, 2.24) is 10.2 Å². The Labute approximate surface area is 280 Å². The Balaban J connectivity index is 1.86. The fraction of sp³-hybridized carbons (Fsp3) is 0.257. The molecule has 0 aliphatic rings. The average molecular weight is 683 g/mol. The SMILES string of the molecule is COc1ccc(Cl)cc1N(CC(=O)N(Cc1cccc(Cl)c1)[C@@H](Cc1ccccc1)C(=O)NC(C)(C)C)S(=O)(=O)c1ccccc1. The van der Waals surface area contributed by atoms with Crippen LogP contribution in [-0.4, -0.2) is 50.4 Å². The van der Waals surface area contributed by atoms with Crippen LogP contribution in [0.5, 0.6) is 5.75 Å². The summed E-state index contributed by atoms with van der Waals surface area (Å²) in [5.41, 5.74) is 0.966. The van der Waals surface area contributed by atoms with Crippen LogP contribution < -0.4 is 14.4 Å². The summed E-state index contributed by atoms with van der Waals surface area (Å²) in [5, 5.41) is 3.72. The number of benzene rings is 4. The molecule has 0 spiro atoms. The normalized spacial score (nSPS) is 12.2. The number of sulfonamides is 1. The molecule has 0 aliphatic carbocycles. The van der Waals surface area contributed by atoms with Gasteiger partial charge in [0.1, 0.15) is 18.3 Å². The first-order chi connectivity index (χ1) is 21.8. The van der Waals surface area contributed by atoms with Gasteiger partial charge in [0, 0.05) is 28.5 Å². The summed E-state index contributed by atoms with van der Waals surface area (Å²) in [6.07, 6.45) is 0.182. The third-order valence-electron chi connectivity index (χ3n) is 7.03. The van der Waals surface area contributed by atoms with Crippen LogP contribution in [0.25, 0.3) is 0 Å². The van der Waals surface area contributed by atoms with E-state index in [0.29, 0.717) is 10.6 Å². The molecule has 4 aromatic rings. The lowest BCUT2D eigenvalue weighted by Crippen LogP contribution is -2.56. The first-order valence-corrected chi connectivity index (χ1v) is 16.8. The van der Waals surface area contributed by atoms with Crippen molar-refractivity contribution in [2.45, 2.75) is 50.2 Å². The molecule has 0 aliphatic heterocycles. The van der Waals surface area contributed by atoms with Crippen LogP contribution in [-0.2, 0) is 32.6 Å². The second kappa shape index (κ2) is 15.0. The van der Waals surface area contributed by atoms with Crippen LogP contribution in [0.4, 0.5) is 5.69 Å². The molecule has 1 N–H and O–H groups in total. The zero-order chi connectivity index (χ0) is 33.5. The van der Waals surface area contributed by atoms with Crippen LogP contribution >= 0.6 is 23.2 Å². The van der Waals surface area contributed by atoms with Gasteiger partial charge < -0.3 is 15.0 Å². The van der Waals surface area contributed by atoms with E-state index in [0.717, 1.165) is 9.87 Å². The van der Waals surface area contributed by atoms with Crippen molar-refractivity contribution in [2.24, 2.45) is 0 Å². The number of nitrogens with zero attached hydrogens (tertiary/aromatic N) is 2. The summed E-state index contributed by atoms with van der Waals surface area (Å²) in [5.74, 6) is -0.805. The number of rotatable bonds is 12. The zero-order valence-corrected chi connectivity index (χ0v) is 28.4. The van der Waals surface area contributed by atoms with Crippen LogP contribution in [0.1, 0.15) is 31.9 Å². The number of hydrogen-bond acceptors (Lipinski definition) is 5. The first kappa shape index (κ1) is 34.8. The van der Waals surface area contributed by atoms with Crippen LogP contribution in [0.15, 0.2) is 108 Å². The minimum atomic E-state index is -4.32. The highest BCUT2D eigenvalue weighted by Crippen LogP contribution is 2.35. The Kier molecular flexibility index (Phi) is 11.4. The van der Waals surface area contributed by atoms with Gasteiger partial charge in [-0.2, -0.15) is 0 Å². The molecule has 0 bridgehead atoms. The van der Waals surface area contributed by atoms with Gasteiger partial charge in [0.25, 0.3) is 10.0 Å². The molecule has 4 rings (SSSR count). The van der Waals surface area contributed by atoms with E-state index in [-0.39, 0.29) is 40.2 Å². The predicted molar refractivity (Wildman–Crippen MR) is 183 cm³/mol. The summed E-state index contributed by atoms with van der Waals surface area (Å²) >= 11 is 12.7. The van der Waals surface area contributed by atoms with Gasteiger partial charge in [-0.3, -0.25) is 13.9 Å². The minimum absolute atomic E-state index is 0.0135. The number of carbonyl (C=O) groups excluding carboxylic acids is 2. The lowest BCUT2D eigenvalue weighted by molar-refractivity contribution is -0.140. The van der Waals surface area contributed by atoms with Crippen molar-refractivity contribution >= 4 is 50.7 Å². The van der Waals surface area contributed by atoms with E-state index in [2.05, 4.69) is 5.32 Å². The molecule has 242 valence electrons. The number of nitrogens with one attached hydrogen (secondary N) is 1. The second-order valence-corrected chi connectivity index (χ2v) is 14.5. The van der Waals surface area contributed by atoms with E-state index < -0.39 is 34.1 Å². The smallest absolute Gasteiger partial charge is 0.264 e. The summed E-state index contributed by atoms with van der Waals surface area (Å²) in [6.45, 7) is 4.90. The maximum atomic E-state index is 14.6. The van der Waals surface area contributed by atoms with Crippen LogP contribution in [0, 0.1) is 0 Å². The van der Waals surface area contributed by atoms with Crippen molar-refractivity contribution in [3.63, 3.8) is 0 Å². The van der Waals surface area contributed by atoms with Gasteiger partial charge in [0.2, 0.25) is 11.8 Å². The number of anilines is 1. The highest BCUT2D eigenvalue weighted by molar-refractivity contribution is 7.92. The lowest BCUT2D eigenvalue weighted by Gasteiger charge is -2.35. The number of ether oxygens (including phenoxy) is 1. The standard InChI is InChI=1S/C35H37Cl2N3O5S/c1-35(2,3)38-34(42)31(21-25-12-7-5-8-13-25)39(23-26-14-11-15-27(36)20-26)33(41)24-40(30-22-28(37)18-19-32(30)45-4)46(43,44)29-16-9-6-10-17-29/h5-20,22,31H,21,23-24H2,1-4H3,(H,38,42)/t31-/m0/s1. The fourth-order valence-electron chi connectivity index (χ4n) is 4.93. The van der Waals surface area contributed by atoms with Crippen molar-refractivity contribution in [1.29, 1.82) is 0 Å². The third-order valence-corrected chi connectivity index (χ3v) is 9.28. The summed E-state index contributed by atoms with van der Waals surface area (Å²) < 4.78 is 34.9. The highest BCUT2D eigenvalue weighted by atomic mass is 35.5. The van der Waals surface area contributed by atoms with E-state index in [4.69, 9.17) is 27.9 Å². The van der Waals surface area contributed by atoms with Gasteiger partial charge in [0.05, 0.1) is 17.7 Å². The van der Waals surface area contributed by atoms with E-state index in [1.807, 2.05) is 51.1 Å². The summed E-state index contributed by atoms with van der Waals surface area (Å²) in [4.78, 5) is 30.0. The van der Waals surface area contributed by atoms with Crippen molar-refractivity contribution in [3.8, 4) is 5.75 Å². The van der Waals surface area contributed by atoms with E-state index in [1.54, 1.807) is 48.5 Å². The quantitative estimate of drug-likeness (QED) is 0.178. The predicted octanol–water partition coefficient (Wildman–Crippen LogP) is 6.75. The minimum Gasteiger partial charge on any atom is -0.495 e. The topological polar surface area (TPSA) is 96.0 Å². The molecule has 46 heavy (non-hydrogen) atoms. The average Bonchev–Trinajstić information content (AvgIpc) is 3.01. The molecule has 0 heterocycles. The van der Waals surface area contributed by atoms with Gasteiger partial charge in [-0.05, 0) is 74.4 Å². The first-order valence-electron chi connectivity index (χ1n) is 14.6. The molecule has 4 aromatic carbocycles. The third kappa shape index (κ3) is 9.02. The van der Waals surface area contributed by atoms with Gasteiger partial charge in [-0.25, -0.2) is 8.42 Å². The van der Waals surface area contributed by atoms with Crippen LogP contribution in [0.3, 0.4) is 0 Å². The Morgan fingerprint density at radius 1 is 0.826 bits per heavy atom. The van der Waals surface area contributed by atoms with Crippen molar-refractivity contribution < 1.29 is 22.7 Å². The monoisotopic (exact) mass is 681 g/mol. The maximum Gasteiger partial charge on any atom is 0.264 e. The summed E-state index contributed by atoms with van der Waals surface area (Å²) in [6, 6.07) is 27.6. The van der Waals surface area contributed by atoms with E-state index >= 15 is 0 Å². The number of methoxy groups -OCH3 is 1. The number of carbonyl (C=O) groups is 2. The Morgan fingerprint density at radius 3 is 2.04 bits per heavy atom. The largest absolute Gasteiger partial charge is 0.495 e. The van der Waals surface area contributed by atoms with E-state index in [9.17, 15) is 18.0 Å². The maximum absolute atomic E-state index is 14.6. The molecule has 0 saturated carbocycles. The van der Waals surface area contributed by atoms with Crippen molar-refractivity contribution in [3.05, 3.63) is 124 Å². The van der Waals surface area contributed by atoms with E-state index in [1.165, 1.54) is 36.3 Å². The Morgan fingerprint density at radius 2 is 1.43 bits per heavy atom. The molecule has 1 atom stereocenters. The van der Waals surface area contributed by atoms with Crippen LogP contribution in [0.2, 0.25) is 10.0 Å². The molecular formula is C35H37Cl2N3O5S. The molecule has 0 fully saturated rings. The molecule has 0 saturated heterocycles. The number of amides is 2. The Bertz CT molecular complexity index is 1760. The summed E-state index contributed by atoms with van der Waals surface area (Å²) in [7, 11) is -2.92. The van der Waals surface area contributed by atoms with Gasteiger partial charge in [-0.15, -0.1) is 0 Å². The second-order valence-electron chi connectivity index (χ2n) is 11.7. The highest BCUT2D eigenvalue weighted by Gasteiger charge is 2.36. The number of hydrogen-bond donors (Lipinski definition) is 1. The van der Waals surface area contributed by atoms with Gasteiger partial charge in [-0.1, -0.05) is 83.9 Å². The molecule has 0 unspecified atom stereocenters. The molecular weight excluding hydrogens is 645 g/mol. The molecule has 0 aromatic heterocycles.